The van der Waals surface area contributed by atoms with Crippen LogP contribution >= 0.6 is 0 Å². The molecule has 1 saturated heterocycles. The Morgan fingerprint density at radius 1 is 1.00 bits per heavy atom. The van der Waals surface area contributed by atoms with Crippen LogP contribution in [-0.4, -0.2) is 13.2 Å². The third kappa shape index (κ3) is 3.68. The van der Waals surface area contributed by atoms with Crippen molar-refractivity contribution in [2.45, 2.75) is 12.8 Å². The van der Waals surface area contributed by atoms with Gasteiger partial charge in [0.15, 0.2) is 0 Å². The number of hydrogen-bond acceptors (Lipinski definition) is 2. The van der Waals surface area contributed by atoms with Crippen LogP contribution in [0.3, 0.4) is 0 Å². The van der Waals surface area contributed by atoms with Crippen molar-refractivity contribution in [2.24, 2.45) is 0 Å². The van der Waals surface area contributed by atoms with Crippen molar-refractivity contribution in [2.75, 3.05) is 13.2 Å². The van der Waals surface area contributed by atoms with Crippen molar-refractivity contribution in [3.05, 3.63) is 12.5 Å². The highest BCUT2D eigenvalue weighted by Crippen LogP contribution is 1.98. The van der Waals surface area contributed by atoms with Crippen molar-refractivity contribution < 1.29 is 9.47 Å². The molecule has 0 amide bonds. The van der Waals surface area contributed by atoms with Gasteiger partial charge in [-0.05, 0) is 12.8 Å². The van der Waals surface area contributed by atoms with Gasteiger partial charge in [-0.15, -0.1) is 0 Å². The first kappa shape index (κ1) is 5.63. The molecule has 0 aromatic rings. The minimum absolute atomic E-state index is 1.00. The first-order valence-corrected chi connectivity index (χ1v) is 2.88. The lowest BCUT2D eigenvalue weighted by molar-refractivity contribution is 0.198. The van der Waals surface area contributed by atoms with Crippen molar-refractivity contribution >= 4 is 0 Å². The molecule has 0 saturated carbocycles. The molecule has 2 heteroatoms. The molecule has 8 heavy (non-hydrogen) atoms. The number of ether oxygens (including phenoxy) is 2. The first-order valence-electron chi connectivity index (χ1n) is 2.88. The van der Waals surface area contributed by atoms with E-state index >= 15 is 0 Å². The predicted molar refractivity (Wildman–Crippen MR) is 30.3 cm³/mol. The Morgan fingerprint density at radius 3 is 1.62 bits per heavy atom. The quantitative estimate of drug-likeness (QED) is 0.473. The molecule has 1 fully saturated rings. The van der Waals surface area contributed by atoms with Crippen LogP contribution < -0.4 is 0 Å². The molecular formula is C6H10O2. The van der Waals surface area contributed by atoms with Gasteiger partial charge in [-0.25, -0.2) is 0 Å². The molecule has 0 radical (unpaired) electrons. The largest absolute Gasteiger partial charge is 0.466 e. The van der Waals surface area contributed by atoms with Gasteiger partial charge in [0.25, 0.3) is 0 Å². The minimum atomic E-state index is 1.00. The molecule has 2 aliphatic rings. The summed E-state index contributed by atoms with van der Waals surface area (Å²) in [7, 11) is 0. The molecule has 2 aliphatic heterocycles. The summed E-state index contributed by atoms with van der Waals surface area (Å²) in [5.41, 5.74) is 0. The van der Waals surface area contributed by atoms with E-state index in [-0.39, 0.29) is 0 Å². The molecule has 2 heterocycles. The van der Waals surface area contributed by atoms with E-state index in [1.54, 1.807) is 12.5 Å². The topological polar surface area (TPSA) is 21.8 Å². The summed E-state index contributed by atoms with van der Waals surface area (Å²) in [5.74, 6) is 0. The lowest BCUT2D eigenvalue weighted by atomic mass is 10.4. The lowest BCUT2D eigenvalue weighted by Gasteiger charge is -1.76. The fraction of sp³-hybridized carbons (Fsp3) is 0.667. The van der Waals surface area contributed by atoms with E-state index in [1.165, 1.54) is 12.8 Å². The van der Waals surface area contributed by atoms with E-state index in [0.717, 1.165) is 13.2 Å². The summed E-state index contributed by atoms with van der Waals surface area (Å²) in [6, 6.07) is 0. The molecule has 46 valence electrons. The Labute approximate surface area is 49.1 Å². The molecule has 0 aliphatic carbocycles. The maximum absolute atomic E-state index is 4.94. The average molecular weight is 114 g/mol. The molecule has 0 bridgehead atoms. The zero-order valence-electron chi connectivity index (χ0n) is 4.80. The van der Waals surface area contributed by atoms with E-state index in [1.807, 2.05) is 0 Å². The van der Waals surface area contributed by atoms with Crippen LogP contribution in [0.25, 0.3) is 0 Å². The van der Waals surface area contributed by atoms with E-state index in [0.29, 0.717) is 0 Å². The fourth-order valence-electron chi connectivity index (χ4n) is 0.510. The predicted octanol–water partition coefficient (Wildman–Crippen LogP) is 1.28. The van der Waals surface area contributed by atoms with E-state index in [2.05, 4.69) is 4.74 Å². The van der Waals surface area contributed by atoms with Gasteiger partial charge < -0.3 is 9.47 Å². The maximum atomic E-state index is 4.94. The van der Waals surface area contributed by atoms with Crippen LogP contribution in [0.2, 0.25) is 0 Å². The van der Waals surface area contributed by atoms with Crippen LogP contribution in [-0.2, 0) is 9.47 Å². The summed E-state index contributed by atoms with van der Waals surface area (Å²) >= 11 is 0. The second-order valence-corrected chi connectivity index (χ2v) is 1.73. The minimum Gasteiger partial charge on any atom is -0.466 e. The summed E-state index contributed by atoms with van der Waals surface area (Å²) < 4.78 is 9.19. The van der Waals surface area contributed by atoms with Gasteiger partial charge in [0.05, 0.1) is 0 Å². The smallest absolute Gasteiger partial charge is 0.125 e. The Kier molecular flexibility index (Phi) is 2.46. The van der Waals surface area contributed by atoms with Crippen LogP contribution in [0.15, 0.2) is 12.5 Å². The van der Waals surface area contributed by atoms with Crippen LogP contribution in [0.1, 0.15) is 12.8 Å². The summed E-state index contributed by atoms with van der Waals surface area (Å²) in [5, 5.41) is 0. The first-order chi connectivity index (χ1) is 4.00. The molecule has 0 aromatic heterocycles. The van der Waals surface area contributed by atoms with E-state index in [4.69, 9.17) is 4.74 Å². The van der Waals surface area contributed by atoms with Crippen LogP contribution in [0, 0.1) is 0 Å². The highest BCUT2D eigenvalue weighted by atomic mass is 16.5. The molecular weight excluding hydrogens is 104 g/mol. The molecule has 2 nitrogen and oxygen atoms in total. The zero-order valence-corrected chi connectivity index (χ0v) is 4.80. The molecule has 0 atom stereocenters. The molecule has 0 spiro atoms. The normalized spacial score (nSPS) is 21.0. The monoisotopic (exact) mass is 114 g/mol. The second kappa shape index (κ2) is 3.50. The summed E-state index contributed by atoms with van der Waals surface area (Å²) in [4.78, 5) is 0. The molecule has 2 rings (SSSR count). The van der Waals surface area contributed by atoms with Gasteiger partial charge in [0.1, 0.15) is 12.5 Å². The second-order valence-electron chi connectivity index (χ2n) is 1.73. The van der Waals surface area contributed by atoms with Crippen LogP contribution in [0.5, 0.6) is 0 Å². The maximum Gasteiger partial charge on any atom is 0.125 e. The fourth-order valence-corrected chi connectivity index (χ4v) is 0.510. The van der Waals surface area contributed by atoms with Crippen LogP contribution in [0.4, 0.5) is 0 Å². The summed E-state index contributed by atoms with van der Waals surface area (Å²) in [6.45, 7) is 2.00. The van der Waals surface area contributed by atoms with Gasteiger partial charge in [-0.2, -0.15) is 0 Å². The van der Waals surface area contributed by atoms with Gasteiger partial charge in [-0.1, -0.05) is 0 Å². The molecule has 0 unspecified atom stereocenters. The third-order valence-corrected chi connectivity index (χ3v) is 0.963. The molecule has 0 aromatic carbocycles. The Bertz CT molecular complexity index is 63.0. The van der Waals surface area contributed by atoms with Crippen molar-refractivity contribution in [1.29, 1.82) is 0 Å². The highest BCUT2D eigenvalue weighted by molar-refractivity contribution is 4.76. The third-order valence-electron chi connectivity index (χ3n) is 0.963. The Morgan fingerprint density at radius 2 is 1.50 bits per heavy atom. The van der Waals surface area contributed by atoms with Crippen molar-refractivity contribution in [1.82, 2.24) is 0 Å². The van der Waals surface area contributed by atoms with E-state index in [9.17, 15) is 0 Å². The zero-order chi connectivity index (χ0) is 5.66. The van der Waals surface area contributed by atoms with Gasteiger partial charge >= 0.3 is 0 Å². The van der Waals surface area contributed by atoms with Gasteiger partial charge in [0.2, 0.25) is 0 Å². The number of hydrogen-bond donors (Lipinski definition) is 0. The van der Waals surface area contributed by atoms with E-state index < -0.39 is 0 Å². The average Bonchev–Trinajstić information content (AvgIpc) is 2.55. The Balaban J connectivity index is 0.0000000907. The molecule has 0 N–H and O–H groups in total. The summed E-state index contributed by atoms with van der Waals surface area (Å²) in [6.07, 6.45) is 5.81. The van der Waals surface area contributed by atoms with Gasteiger partial charge in [0, 0.05) is 13.2 Å². The standard InChI is InChI=1S/C4H8O.C2H2O/c1-2-4-5-3-1;1-2-3-1/h1-4H2;1-2H. The van der Waals surface area contributed by atoms with Crippen molar-refractivity contribution in [3.8, 4) is 0 Å². The number of rotatable bonds is 0. The van der Waals surface area contributed by atoms with Gasteiger partial charge in [-0.3, -0.25) is 0 Å². The highest BCUT2D eigenvalue weighted by Gasteiger charge is 1.94. The lowest BCUT2D eigenvalue weighted by Crippen LogP contribution is -1.74. The van der Waals surface area contributed by atoms with Crippen molar-refractivity contribution in [3.63, 3.8) is 0 Å². The Hall–Kier alpha value is -0.500. The SMILES string of the molecule is C1=CO1.C1CCOC1.